The second kappa shape index (κ2) is 9.22. The van der Waals surface area contributed by atoms with Gasteiger partial charge in [-0.25, -0.2) is 4.79 Å². The van der Waals surface area contributed by atoms with Gasteiger partial charge in [0.05, 0.1) is 17.9 Å². The molecule has 1 aromatic heterocycles. The molecular weight excluding hydrogens is 370 g/mol. The van der Waals surface area contributed by atoms with Crippen LogP contribution < -0.4 is 5.32 Å². The number of carbonyl (C=O) groups excluding carboxylic acids is 3. The summed E-state index contributed by atoms with van der Waals surface area (Å²) in [6.07, 6.45) is 1.91. The monoisotopic (exact) mass is 391 g/mol. The van der Waals surface area contributed by atoms with E-state index in [0.29, 0.717) is 17.1 Å². The smallest absolute Gasteiger partial charge is 0.344 e. The van der Waals surface area contributed by atoms with Gasteiger partial charge in [0, 0.05) is 11.9 Å². The van der Waals surface area contributed by atoms with Crippen molar-refractivity contribution in [2.45, 2.75) is 18.7 Å². The standard InChI is InChI=1S/C18H21N3O5S/c1-11-17(12(2)26-20-11)18(24)25-10-16(23)21(3)9-15(22)19-13-7-5-6-8-14(13)27-4/h5-8H,9-10H2,1-4H3,(H,19,22). The Hall–Kier alpha value is -2.81. The molecule has 0 spiro atoms. The Bertz CT molecular complexity index is 830. The van der Waals surface area contributed by atoms with Crippen molar-refractivity contribution in [3.8, 4) is 0 Å². The Morgan fingerprint density at radius 2 is 1.96 bits per heavy atom. The van der Waals surface area contributed by atoms with Gasteiger partial charge in [0.25, 0.3) is 5.91 Å². The van der Waals surface area contributed by atoms with Gasteiger partial charge in [-0.05, 0) is 32.2 Å². The fourth-order valence-electron chi connectivity index (χ4n) is 2.33. The van der Waals surface area contributed by atoms with Crippen molar-refractivity contribution in [3.05, 3.63) is 41.3 Å². The van der Waals surface area contributed by atoms with Crippen molar-refractivity contribution in [2.24, 2.45) is 0 Å². The average Bonchev–Trinajstić information content (AvgIpc) is 2.98. The number of thioether (sulfide) groups is 1. The van der Waals surface area contributed by atoms with Crippen LogP contribution in [-0.4, -0.2) is 54.3 Å². The Kier molecular flexibility index (Phi) is 7.00. The second-order valence-electron chi connectivity index (χ2n) is 5.77. The Morgan fingerprint density at radius 1 is 1.26 bits per heavy atom. The second-order valence-corrected chi connectivity index (χ2v) is 6.62. The number of amides is 2. The van der Waals surface area contributed by atoms with E-state index in [9.17, 15) is 14.4 Å². The van der Waals surface area contributed by atoms with Gasteiger partial charge in [0.1, 0.15) is 11.3 Å². The number of para-hydroxylation sites is 1. The highest BCUT2D eigenvalue weighted by Crippen LogP contribution is 2.24. The molecule has 0 fully saturated rings. The highest BCUT2D eigenvalue weighted by Gasteiger charge is 2.21. The molecule has 2 rings (SSSR count). The van der Waals surface area contributed by atoms with Crippen LogP contribution in [0.3, 0.4) is 0 Å². The van der Waals surface area contributed by atoms with Crippen LogP contribution in [0.15, 0.2) is 33.7 Å². The fraction of sp³-hybridized carbons (Fsp3) is 0.333. The first-order valence-corrected chi connectivity index (χ1v) is 9.32. The first kappa shape index (κ1) is 20.5. The summed E-state index contributed by atoms with van der Waals surface area (Å²) in [6, 6.07) is 7.38. The van der Waals surface area contributed by atoms with Crippen molar-refractivity contribution in [1.29, 1.82) is 0 Å². The lowest BCUT2D eigenvalue weighted by molar-refractivity contribution is -0.136. The molecule has 0 saturated heterocycles. The topological polar surface area (TPSA) is 102 Å². The molecule has 9 heteroatoms. The molecule has 144 valence electrons. The van der Waals surface area contributed by atoms with E-state index in [1.807, 2.05) is 24.5 Å². The van der Waals surface area contributed by atoms with Gasteiger partial charge in [-0.2, -0.15) is 0 Å². The van der Waals surface area contributed by atoms with Crippen LogP contribution in [0.4, 0.5) is 5.69 Å². The van der Waals surface area contributed by atoms with E-state index in [4.69, 9.17) is 9.26 Å². The molecule has 2 aromatic rings. The van der Waals surface area contributed by atoms with E-state index in [-0.39, 0.29) is 18.0 Å². The van der Waals surface area contributed by atoms with Crippen LogP contribution in [0, 0.1) is 13.8 Å². The maximum absolute atomic E-state index is 12.2. The van der Waals surface area contributed by atoms with Gasteiger partial charge in [-0.15, -0.1) is 11.8 Å². The van der Waals surface area contributed by atoms with E-state index in [2.05, 4.69) is 10.5 Å². The lowest BCUT2D eigenvalue weighted by Crippen LogP contribution is -2.37. The largest absolute Gasteiger partial charge is 0.452 e. The van der Waals surface area contributed by atoms with E-state index >= 15 is 0 Å². The number of hydrogen-bond acceptors (Lipinski definition) is 7. The molecule has 0 bridgehead atoms. The normalized spacial score (nSPS) is 10.4. The van der Waals surface area contributed by atoms with Gasteiger partial charge < -0.3 is 19.5 Å². The average molecular weight is 391 g/mol. The van der Waals surface area contributed by atoms with Gasteiger partial charge in [0.2, 0.25) is 5.91 Å². The molecule has 0 radical (unpaired) electrons. The maximum Gasteiger partial charge on any atom is 0.344 e. The zero-order chi connectivity index (χ0) is 20.0. The van der Waals surface area contributed by atoms with Gasteiger partial charge in [-0.3, -0.25) is 9.59 Å². The van der Waals surface area contributed by atoms with Crippen LogP contribution in [0.1, 0.15) is 21.8 Å². The summed E-state index contributed by atoms with van der Waals surface area (Å²) in [5.74, 6) is -1.20. The van der Waals surface area contributed by atoms with E-state index < -0.39 is 18.5 Å². The number of nitrogens with zero attached hydrogens (tertiary/aromatic N) is 2. The molecule has 0 saturated carbocycles. The van der Waals surface area contributed by atoms with Gasteiger partial charge in [0.15, 0.2) is 6.61 Å². The molecule has 1 heterocycles. The van der Waals surface area contributed by atoms with Crippen molar-refractivity contribution in [2.75, 3.05) is 31.8 Å². The SMILES string of the molecule is CSc1ccccc1NC(=O)CN(C)C(=O)COC(=O)c1c(C)noc1C. The third-order valence-electron chi connectivity index (χ3n) is 3.75. The first-order valence-electron chi connectivity index (χ1n) is 8.10. The predicted octanol–water partition coefficient (Wildman–Crippen LogP) is 2.27. The van der Waals surface area contributed by atoms with Crippen LogP contribution in [-0.2, 0) is 14.3 Å². The van der Waals surface area contributed by atoms with Crippen molar-refractivity contribution < 1.29 is 23.6 Å². The number of likely N-dealkylation sites (N-methyl/N-ethyl adjacent to an activating group) is 1. The summed E-state index contributed by atoms with van der Waals surface area (Å²) in [5.41, 5.74) is 1.28. The zero-order valence-electron chi connectivity index (χ0n) is 15.6. The minimum absolute atomic E-state index is 0.162. The number of nitrogens with one attached hydrogen (secondary N) is 1. The molecule has 8 nitrogen and oxygen atoms in total. The summed E-state index contributed by atoms with van der Waals surface area (Å²) in [6.45, 7) is 2.55. The van der Waals surface area contributed by atoms with Crippen LogP contribution in [0.5, 0.6) is 0 Å². The van der Waals surface area contributed by atoms with E-state index in [0.717, 1.165) is 4.90 Å². The number of rotatable bonds is 7. The van der Waals surface area contributed by atoms with Crippen molar-refractivity contribution in [1.82, 2.24) is 10.1 Å². The number of aromatic nitrogens is 1. The van der Waals surface area contributed by atoms with Crippen molar-refractivity contribution in [3.63, 3.8) is 0 Å². The van der Waals surface area contributed by atoms with Crippen LogP contribution in [0.2, 0.25) is 0 Å². The zero-order valence-corrected chi connectivity index (χ0v) is 16.4. The predicted molar refractivity (Wildman–Crippen MR) is 101 cm³/mol. The highest BCUT2D eigenvalue weighted by molar-refractivity contribution is 7.98. The first-order chi connectivity index (χ1) is 12.8. The molecule has 1 N–H and O–H groups in total. The minimum atomic E-state index is -0.689. The lowest BCUT2D eigenvalue weighted by Gasteiger charge is -2.17. The Labute approximate surface area is 161 Å². The minimum Gasteiger partial charge on any atom is -0.452 e. The van der Waals surface area contributed by atoms with Gasteiger partial charge >= 0.3 is 5.97 Å². The third kappa shape index (κ3) is 5.33. The summed E-state index contributed by atoms with van der Waals surface area (Å²) in [5, 5.41) is 6.43. The number of aryl methyl sites for hydroxylation is 2. The molecule has 0 atom stereocenters. The number of ether oxygens (including phenoxy) is 1. The van der Waals surface area contributed by atoms with Crippen LogP contribution >= 0.6 is 11.8 Å². The summed E-state index contributed by atoms with van der Waals surface area (Å²) in [7, 11) is 1.46. The highest BCUT2D eigenvalue weighted by atomic mass is 32.2. The number of carbonyl (C=O) groups is 3. The summed E-state index contributed by atoms with van der Waals surface area (Å²) < 4.78 is 9.90. The Balaban J connectivity index is 1.86. The molecule has 1 aromatic carbocycles. The molecule has 0 aliphatic heterocycles. The third-order valence-corrected chi connectivity index (χ3v) is 4.55. The molecule has 0 aliphatic carbocycles. The van der Waals surface area contributed by atoms with E-state index in [1.165, 1.54) is 23.7 Å². The maximum atomic E-state index is 12.2. The van der Waals surface area contributed by atoms with Crippen molar-refractivity contribution >= 4 is 35.2 Å². The van der Waals surface area contributed by atoms with Gasteiger partial charge in [-0.1, -0.05) is 17.3 Å². The van der Waals surface area contributed by atoms with E-state index in [1.54, 1.807) is 19.9 Å². The fourth-order valence-corrected chi connectivity index (χ4v) is 2.88. The molecule has 27 heavy (non-hydrogen) atoms. The molecule has 0 unspecified atom stereocenters. The summed E-state index contributed by atoms with van der Waals surface area (Å²) in [4.78, 5) is 38.4. The molecule has 2 amide bonds. The quantitative estimate of drug-likeness (QED) is 0.570. The number of hydrogen-bond donors (Lipinski definition) is 1. The molecule has 0 aliphatic rings. The number of esters is 1. The number of anilines is 1. The Morgan fingerprint density at radius 3 is 2.59 bits per heavy atom. The lowest BCUT2D eigenvalue weighted by atomic mass is 10.2. The van der Waals surface area contributed by atoms with Crippen LogP contribution in [0.25, 0.3) is 0 Å². The summed E-state index contributed by atoms with van der Waals surface area (Å²) >= 11 is 1.51. The molecular formula is C18H21N3O5S. The number of benzene rings is 1.